The molecule has 2 nitrogen and oxygen atoms in total. The molecule has 3 aromatic rings. The fourth-order valence-corrected chi connectivity index (χ4v) is 2.99. The summed E-state index contributed by atoms with van der Waals surface area (Å²) < 4.78 is 6.29. The lowest BCUT2D eigenvalue weighted by atomic mass is 9.91. The van der Waals surface area contributed by atoms with Gasteiger partial charge < -0.3 is 9.72 Å². The number of fused-ring (bicyclic) bond motifs is 1. The second-order valence-electron chi connectivity index (χ2n) is 4.92. The number of benzene rings is 2. The highest BCUT2D eigenvalue weighted by Gasteiger charge is 2.15. The summed E-state index contributed by atoms with van der Waals surface area (Å²) >= 11 is 3.50. The lowest BCUT2D eigenvalue weighted by molar-refractivity contribution is 0.414. The van der Waals surface area contributed by atoms with Crippen LogP contribution in [0.1, 0.15) is 17.0 Å². The first-order chi connectivity index (χ1) is 10.2. The number of nitrogens with one attached hydrogen (secondary N) is 1. The molecule has 0 amide bonds. The number of aromatic amines is 1. The summed E-state index contributed by atoms with van der Waals surface area (Å²) in [7, 11) is 1.68. The first-order valence-electron chi connectivity index (χ1n) is 6.76. The summed E-state index contributed by atoms with van der Waals surface area (Å²) in [6.07, 6.45) is 4.04. The van der Waals surface area contributed by atoms with E-state index in [1.807, 2.05) is 18.2 Å². The Morgan fingerprint density at radius 3 is 2.62 bits per heavy atom. The normalized spacial score (nSPS) is 12.3. The zero-order chi connectivity index (χ0) is 14.8. The van der Waals surface area contributed by atoms with Crippen LogP contribution < -0.4 is 4.74 Å². The molecule has 1 N–H and O–H groups in total. The van der Waals surface area contributed by atoms with Gasteiger partial charge in [0.2, 0.25) is 0 Å². The van der Waals surface area contributed by atoms with E-state index in [0.29, 0.717) is 0 Å². The first-order valence-corrected chi connectivity index (χ1v) is 7.55. The van der Waals surface area contributed by atoms with Crippen molar-refractivity contribution in [3.05, 3.63) is 76.9 Å². The number of rotatable bonds is 4. The predicted molar refractivity (Wildman–Crippen MR) is 91.0 cm³/mol. The molecule has 0 aliphatic rings. The molecule has 106 valence electrons. The van der Waals surface area contributed by atoms with Crippen LogP contribution in [0, 0.1) is 0 Å². The highest BCUT2D eigenvalue weighted by molar-refractivity contribution is 9.10. The van der Waals surface area contributed by atoms with Crippen molar-refractivity contribution in [2.45, 2.75) is 5.92 Å². The van der Waals surface area contributed by atoms with Gasteiger partial charge in [-0.2, -0.15) is 0 Å². The minimum absolute atomic E-state index is 0.158. The van der Waals surface area contributed by atoms with Crippen molar-refractivity contribution in [3.8, 4) is 5.75 Å². The lowest BCUT2D eigenvalue weighted by Crippen LogP contribution is -1.96. The molecule has 1 aromatic heterocycles. The molecule has 0 aliphatic carbocycles. The smallest absolute Gasteiger partial charge is 0.118 e. The third kappa shape index (κ3) is 2.61. The fourth-order valence-electron chi connectivity index (χ4n) is 2.63. The van der Waals surface area contributed by atoms with Crippen molar-refractivity contribution >= 4 is 26.8 Å². The van der Waals surface area contributed by atoms with Crippen molar-refractivity contribution < 1.29 is 4.74 Å². The third-order valence-electron chi connectivity index (χ3n) is 3.72. The molecular weight excluding hydrogens is 326 g/mol. The van der Waals surface area contributed by atoms with Gasteiger partial charge in [0.05, 0.1) is 7.11 Å². The monoisotopic (exact) mass is 341 g/mol. The molecule has 1 unspecified atom stereocenters. The Morgan fingerprint density at radius 2 is 1.95 bits per heavy atom. The topological polar surface area (TPSA) is 25.0 Å². The van der Waals surface area contributed by atoms with Crippen LogP contribution in [0.15, 0.2) is 65.8 Å². The number of H-pyrrole nitrogens is 1. The number of hydrogen-bond acceptors (Lipinski definition) is 1. The molecule has 3 rings (SSSR count). The quantitative estimate of drug-likeness (QED) is 0.643. The molecule has 0 saturated heterocycles. The van der Waals surface area contributed by atoms with E-state index < -0.39 is 0 Å². The predicted octanol–water partition coefficient (Wildman–Crippen LogP) is 5.26. The Bertz CT molecular complexity index is 774. The molecule has 0 saturated carbocycles. The van der Waals surface area contributed by atoms with E-state index in [4.69, 9.17) is 4.74 Å². The Labute approximate surface area is 132 Å². The number of aromatic nitrogens is 1. The van der Waals surface area contributed by atoms with Gasteiger partial charge in [-0.3, -0.25) is 0 Å². The Morgan fingerprint density at radius 1 is 1.19 bits per heavy atom. The molecule has 21 heavy (non-hydrogen) atoms. The van der Waals surface area contributed by atoms with Gasteiger partial charge >= 0.3 is 0 Å². The molecule has 0 radical (unpaired) electrons. The van der Waals surface area contributed by atoms with Crippen molar-refractivity contribution in [2.75, 3.05) is 7.11 Å². The molecule has 0 bridgehead atoms. The van der Waals surface area contributed by atoms with Crippen LogP contribution >= 0.6 is 15.9 Å². The number of hydrogen-bond donors (Lipinski definition) is 1. The van der Waals surface area contributed by atoms with Crippen molar-refractivity contribution in [2.24, 2.45) is 0 Å². The summed E-state index contributed by atoms with van der Waals surface area (Å²) in [5.74, 6) is 1.02. The molecular formula is C18H16BrNO. The van der Waals surface area contributed by atoms with Crippen molar-refractivity contribution in [1.82, 2.24) is 4.98 Å². The van der Waals surface area contributed by atoms with Gasteiger partial charge in [-0.1, -0.05) is 40.2 Å². The van der Waals surface area contributed by atoms with E-state index in [9.17, 15) is 0 Å². The third-order valence-corrected chi connectivity index (χ3v) is 4.21. The van der Waals surface area contributed by atoms with Gasteiger partial charge in [0.25, 0.3) is 0 Å². The lowest BCUT2D eigenvalue weighted by Gasteiger charge is -2.13. The molecule has 3 heteroatoms. The molecule has 2 aromatic carbocycles. The van der Waals surface area contributed by atoms with Gasteiger partial charge in [-0.15, -0.1) is 6.58 Å². The largest absolute Gasteiger partial charge is 0.497 e. The minimum Gasteiger partial charge on any atom is -0.497 e. The number of methoxy groups -OCH3 is 1. The minimum atomic E-state index is 0.158. The Hall–Kier alpha value is -2.00. The van der Waals surface area contributed by atoms with E-state index in [-0.39, 0.29) is 5.92 Å². The summed E-state index contributed by atoms with van der Waals surface area (Å²) in [6, 6.07) is 14.4. The van der Waals surface area contributed by atoms with Gasteiger partial charge in [-0.25, -0.2) is 0 Å². The van der Waals surface area contributed by atoms with E-state index in [2.05, 4.69) is 64.0 Å². The fraction of sp³-hybridized carbons (Fsp3) is 0.111. The van der Waals surface area contributed by atoms with Crippen LogP contribution in [0.3, 0.4) is 0 Å². The molecule has 0 aliphatic heterocycles. The van der Waals surface area contributed by atoms with Gasteiger partial charge in [-0.05, 0) is 35.4 Å². The zero-order valence-electron chi connectivity index (χ0n) is 11.8. The summed E-state index contributed by atoms with van der Waals surface area (Å²) in [6.45, 7) is 4.01. The Kier molecular flexibility index (Phi) is 3.84. The second-order valence-corrected chi connectivity index (χ2v) is 5.84. The van der Waals surface area contributed by atoms with Crippen LogP contribution in [0.2, 0.25) is 0 Å². The number of allylic oxidation sites excluding steroid dienone is 1. The standard InChI is InChI=1S/C18H16BrNO/c1-3-15(12-4-7-14(21-2)8-5-12)17-11-20-18-10-13(19)6-9-16(17)18/h3-11,15,20H,1H2,2H3. The average Bonchev–Trinajstić information content (AvgIpc) is 2.92. The van der Waals surface area contributed by atoms with Gasteiger partial charge in [0.15, 0.2) is 0 Å². The maximum atomic E-state index is 5.22. The van der Waals surface area contributed by atoms with Crippen LogP contribution in [0.5, 0.6) is 5.75 Å². The molecule has 0 spiro atoms. The Balaban J connectivity index is 2.06. The highest BCUT2D eigenvalue weighted by atomic mass is 79.9. The zero-order valence-corrected chi connectivity index (χ0v) is 13.4. The SMILES string of the molecule is C=CC(c1ccc(OC)cc1)c1c[nH]c2cc(Br)ccc12. The number of ether oxygens (including phenoxy) is 1. The first kappa shape index (κ1) is 14.0. The van der Waals surface area contributed by atoms with Gasteiger partial charge in [0, 0.05) is 27.5 Å². The molecule has 1 heterocycles. The molecule has 1 atom stereocenters. The second kappa shape index (κ2) is 5.78. The van der Waals surface area contributed by atoms with E-state index in [0.717, 1.165) is 15.7 Å². The van der Waals surface area contributed by atoms with E-state index >= 15 is 0 Å². The average molecular weight is 342 g/mol. The van der Waals surface area contributed by atoms with Crippen molar-refractivity contribution in [1.29, 1.82) is 0 Å². The molecule has 0 fully saturated rings. The van der Waals surface area contributed by atoms with Crippen LogP contribution in [-0.2, 0) is 0 Å². The number of halogens is 1. The summed E-state index contributed by atoms with van der Waals surface area (Å²) in [5.41, 5.74) is 3.56. The van der Waals surface area contributed by atoms with E-state index in [1.165, 1.54) is 16.5 Å². The van der Waals surface area contributed by atoms with Gasteiger partial charge in [0.1, 0.15) is 5.75 Å². The summed E-state index contributed by atoms with van der Waals surface area (Å²) in [4.78, 5) is 3.33. The van der Waals surface area contributed by atoms with E-state index in [1.54, 1.807) is 7.11 Å². The van der Waals surface area contributed by atoms with Crippen molar-refractivity contribution in [3.63, 3.8) is 0 Å². The van der Waals surface area contributed by atoms with Crippen LogP contribution in [0.25, 0.3) is 10.9 Å². The van der Waals surface area contributed by atoms with Crippen LogP contribution in [-0.4, -0.2) is 12.1 Å². The van der Waals surface area contributed by atoms with Crippen LogP contribution in [0.4, 0.5) is 0 Å². The maximum Gasteiger partial charge on any atom is 0.118 e. The highest BCUT2D eigenvalue weighted by Crippen LogP contribution is 2.33. The maximum absolute atomic E-state index is 5.22. The summed E-state index contributed by atoms with van der Waals surface area (Å²) in [5, 5.41) is 1.22.